The van der Waals surface area contributed by atoms with Gasteiger partial charge in [0.25, 0.3) is 0 Å². The van der Waals surface area contributed by atoms with Crippen LogP contribution in [0.4, 0.5) is 11.5 Å². The first-order chi connectivity index (χ1) is 11.2. The van der Waals surface area contributed by atoms with Gasteiger partial charge in [0.05, 0.1) is 6.20 Å². The van der Waals surface area contributed by atoms with E-state index in [1.54, 1.807) is 10.7 Å². The highest BCUT2D eigenvalue weighted by Gasteiger charge is 2.19. The van der Waals surface area contributed by atoms with Gasteiger partial charge in [-0.25, -0.2) is 9.50 Å². The number of fused-ring (bicyclic) bond motifs is 1. The SMILES string of the molecule is Cc1ccc(C)c(N2CCN(c3ccn4nccc4n3)CC2)c1. The summed E-state index contributed by atoms with van der Waals surface area (Å²) >= 11 is 0. The van der Waals surface area contributed by atoms with Gasteiger partial charge in [0.2, 0.25) is 0 Å². The molecular formula is C18H21N5. The number of benzene rings is 1. The molecule has 0 atom stereocenters. The third-order valence-electron chi connectivity index (χ3n) is 4.55. The maximum absolute atomic E-state index is 4.70. The van der Waals surface area contributed by atoms with E-state index in [1.165, 1.54) is 16.8 Å². The Hall–Kier alpha value is -2.56. The highest BCUT2D eigenvalue weighted by Crippen LogP contribution is 2.24. The van der Waals surface area contributed by atoms with Crippen LogP contribution < -0.4 is 9.80 Å². The van der Waals surface area contributed by atoms with Crippen molar-refractivity contribution in [2.45, 2.75) is 13.8 Å². The predicted molar refractivity (Wildman–Crippen MR) is 93.3 cm³/mol. The lowest BCUT2D eigenvalue weighted by Gasteiger charge is -2.37. The minimum absolute atomic E-state index is 0.902. The van der Waals surface area contributed by atoms with Gasteiger partial charge < -0.3 is 9.80 Å². The Bertz CT molecular complexity index is 830. The number of aromatic nitrogens is 3. The summed E-state index contributed by atoms with van der Waals surface area (Å²) in [5, 5.41) is 4.20. The summed E-state index contributed by atoms with van der Waals surface area (Å²) in [6.07, 6.45) is 3.76. The molecule has 23 heavy (non-hydrogen) atoms. The molecule has 0 amide bonds. The first kappa shape index (κ1) is 14.1. The van der Waals surface area contributed by atoms with Gasteiger partial charge in [-0.2, -0.15) is 5.10 Å². The van der Waals surface area contributed by atoms with Crippen LogP contribution in [0.25, 0.3) is 5.65 Å². The second-order valence-electron chi connectivity index (χ2n) is 6.18. The average Bonchev–Trinajstić information content (AvgIpc) is 3.05. The van der Waals surface area contributed by atoms with E-state index in [0.29, 0.717) is 0 Å². The second-order valence-corrected chi connectivity index (χ2v) is 6.18. The van der Waals surface area contributed by atoms with Crippen LogP contribution in [-0.4, -0.2) is 40.8 Å². The molecule has 4 rings (SSSR count). The highest BCUT2D eigenvalue weighted by atomic mass is 15.3. The smallest absolute Gasteiger partial charge is 0.157 e. The largest absolute Gasteiger partial charge is 0.368 e. The van der Waals surface area contributed by atoms with Crippen LogP contribution in [0.1, 0.15) is 11.1 Å². The Balaban J connectivity index is 1.51. The van der Waals surface area contributed by atoms with E-state index in [2.05, 4.69) is 46.9 Å². The van der Waals surface area contributed by atoms with Crippen molar-refractivity contribution in [3.8, 4) is 0 Å². The molecule has 3 aromatic rings. The molecule has 0 saturated carbocycles. The zero-order valence-electron chi connectivity index (χ0n) is 13.6. The van der Waals surface area contributed by atoms with Crippen LogP contribution >= 0.6 is 0 Å². The predicted octanol–water partition coefficient (Wildman–Crippen LogP) is 2.67. The number of anilines is 2. The first-order valence-electron chi connectivity index (χ1n) is 8.08. The molecule has 5 heteroatoms. The van der Waals surface area contributed by atoms with Gasteiger partial charge in [-0.1, -0.05) is 12.1 Å². The van der Waals surface area contributed by atoms with E-state index >= 15 is 0 Å². The molecule has 0 aliphatic carbocycles. The molecule has 2 aromatic heterocycles. The molecule has 0 N–H and O–H groups in total. The molecule has 1 aliphatic rings. The van der Waals surface area contributed by atoms with Crippen molar-refractivity contribution in [1.29, 1.82) is 0 Å². The molecule has 0 spiro atoms. The van der Waals surface area contributed by atoms with Crippen LogP contribution in [0, 0.1) is 13.8 Å². The summed E-state index contributed by atoms with van der Waals surface area (Å²) in [6.45, 7) is 8.38. The summed E-state index contributed by atoms with van der Waals surface area (Å²) in [5.74, 6) is 1.04. The number of rotatable bonds is 2. The summed E-state index contributed by atoms with van der Waals surface area (Å²) in [5.41, 5.74) is 4.94. The number of piperazine rings is 1. The normalized spacial score (nSPS) is 15.4. The highest BCUT2D eigenvalue weighted by molar-refractivity contribution is 5.56. The van der Waals surface area contributed by atoms with Crippen molar-refractivity contribution in [3.05, 3.63) is 53.9 Å². The van der Waals surface area contributed by atoms with Crippen molar-refractivity contribution in [2.75, 3.05) is 36.0 Å². The van der Waals surface area contributed by atoms with Gasteiger partial charge in [0.15, 0.2) is 5.65 Å². The van der Waals surface area contributed by atoms with Crippen LogP contribution in [-0.2, 0) is 0 Å². The van der Waals surface area contributed by atoms with Gasteiger partial charge in [0.1, 0.15) is 5.82 Å². The van der Waals surface area contributed by atoms with Crippen molar-refractivity contribution in [1.82, 2.24) is 14.6 Å². The summed E-state index contributed by atoms with van der Waals surface area (Å²) in [7, 11) is 0. The molecule has 1 saturated heterocycles. The summed E-state index contributed by atoms with van der Waals surface area (Å²) in [4.78, 5) is 9.53. The van der Waals surface area contributed by atoms with Crippen molar-refractivity contribution in [3.63, 3.8) is 0 Å². The van der Waals surface area contributed by atoms with Gasteiger partial charge >= 0.3 is 0 Å². The second kappa shape index (κ2) is 5.57. The molecule has 0 radical (unpaired) electrons. The number of hydrogen-bond donors (Lipinski definition) is 0. The fourth-order valence-corrected chi connectivity index (χ4v) is 3.22. The zero-order valence-corrected chi connectivity index (χ0v) is 13.6. The van der Waals surface area contributed by atoms with Gasteiger partial charge in [0, 0.05) is 44.1 Å². The van der Waals surface area contributed by atoms with Crippen molar-refractivity contribution < 1.29 is 0 Å². The van der Waals surface area contributed by atoms with Gasteiger partial charge in [-0.05, 0) is 37.1 Å². The molecule has 0 bridgehead atoms. The average molecular weight is 307 g/mol. The first-order valence-corrected chi connectivity index (χ1v) is 8.08. The molecule has 5 nitrogen and oxygen atoms in total. The number of hydrogen-bond acceptors (Lipinski definition) is 4. The standard InChI is InChI=1S/C18H21N5/c1-14-3-4-15(2)16(13-14)21-9-11-22(12-10-21)17-6-8-23-18(20-17)5-7-19-23/h3-8,13H,9-12H2,1-2H3. The van der Waals surface area contributed by atoms with Crippen LogP contribution in [0.2, 0.25) is 0 Å². The zero-order chi connectivity index (χ0) is 15.8. The van der Waals surface area contributed by atoms with Crippen LogP contribution in [0.15, 0.2) is 42.7 Å². The fourth-order valence-electron chi connectivity index (χ4n) is 3.22. The maximum atomic E-state index is 4.70. The lowest BCUT2D eigenvalue weighted by atomic mass is 10.1. The lowest BCUT2D eigenvalue weighted by molar-refractivity contribution is 0.646. The molecule has 118 valence electrons. The topological polar surface area (TPSA) is 36.7 Å². The molecule has 3 heterocycles. The van der Waals surface area contributed by atoms with Crippen molar-refractivity contribution >= 4 is 17.2 Å². The van der Waals surface area contributed by atoms with Crippen molar-refractivity contribution in [2.24, 2.45) is 0 Å². The van der Waals surface area contributed by atoms with E-state index < -0.39 is 0 Å². The van der Waals surface area contributed by atoms with E-state index in [-0.39, 0.29) is 0 Å². The lowest BCUT2D eigenvalue weighted by Crippen LogP contribution is -2.47. The molecule has 1 fully saturated rings. The van der Waals surface area contributed by atoms with Crippen LogP contribution in [0.3, 0.4) is 0 Å². The van der Waals surface area contributed by atoms with E-state index in [4.69, 9.17) is 4.98 Å². The Kier molecular flexibility index (Phi) is 3.41. The minimum atomic E-state index is 0.902. The van der Waals surface area contributed by atoms with E-state index in [1.807, 2.05) is 18.3 Å². The number of nitrogens with zero attached hydrogens (tertiary/aromatic N) is 5. The van der Waals surface area contributed by atoms with E-state index in [0.717, 1.165) is 37.6 Å². The Labute approximate surface area is 136 Å². The molecule has 1 aliphatic heterocycles. The van der Waals surface area contributed by atoms with Crippen LogP contribution in [0.5, 0.6) is 0 Å². The fraction of sp³-hybridized carbons (Fsp3) is 0.333. The number of aryl methyl sites for hydroxylation is 2. The molecular weight excluding hydrogens is 286 g/mol. The van der Waals surface area contributed by atoms with E-state index in [9.17, 15) is 0 Å². The Morgan fingerprint density at radius 3 is 2.52 bits per heavy atom. The summed E-state index contributed by atoms with van der Waals surface area (Å²) < 4.78 is 1.80. The quantitative estimate of drug-likeness (QED) is 0.729. The monoisotopic (exact) mass is 307 g/mol. The summed E-state index contributed by atoms with van der Waals surface area (Å²) in [6, 6.07) is 10.7. The third kappa shape index (κ3) is 2.63. The Morgan fingerprint density at radius 2 is 1.70 bits per heavy atom. The van der Waals surface area contributed by atoms with Gasteiger partial charge in [-0.3, -0.25) is 0 Å². The Morgan fingerprint density at radius 1 is 0.913 bits per heavy atom. The molecule has 0 unspecified atom stereocenters. The van der Waals surface area contributed by atoms with Gasteiger partial charge in [-0.15, -0.1) is 0 Å². The third-order valence-corrected chi connectivity index (χ3v) is 4.55. The molecule has 1 aromatic carbocycles. The minimum Gasteiger partial charge on any atom is -0.368 e. The maximum Gasteiger partial charge on any atom is 0.157 e.